The van der Waals surface area contributed by atoms with E-state index in [-0.39, 0.29) is 18.1 Å². The van der Waals surface area contributed by atoms with Gasteiger partial charge in [-0.1, -0.05) is 12.1 Å². The molecular formula is C29H32F2N6O4. The molecule has 0 aliphatic carbocycles. The highest BCUT2D eigenvalue weighted by Gasteiger charge is 2.46. The Balaban J connectivity index is 1.21. The molecule has 6 rings (SSSR count). The summed E-state index contributed by atoms with van der Waals surface area (Å²) < 4.78 is 42.2. The highest BCUT2D eigenvalue weighted by Crippen LogP contribution is 2.43. The molecular weight excluding hydrogens is 534 g/mol. The number of fused-ring (bicyclic) bond motifs is 3. The van der Waals surface area contributed by atoms with Gasteiger partial charge in [-0.2, -0.15) is 0 Å². The monoisotopic (exact) mass is 566 g/mol. The summed E-state index contributed by atoms with van der Waals surface area (Å²) in [5.41, 5.74) is 1.07. The maximum absolute atomic E-state index is 14.8. The van der Waals surface area contributed by atoms with E-state index in [0.717, 1.165) is 17.3 Å². The Kier molecular flexibility index (Phi) is 7.10. The molecule has 2 N–H and O–H groups in total. The number of halogens is 2. The first-order chi connectivity index (χ1) is 19.8. The van der Waals surface area contributed by atoms with E-state index in [1.54, 1.807) is 36.5 Å². The molecule has 1 fully saturated rings. The van der Waals surface area contributed by atoms with Gasteiger partial charge in [0, 0.05) is 57.3 Å². The molecule has 1 spiro atoms. The minimum Gasteiger partial charge on any atom is -0.437 e. The van der Waals surface area contributed by atoms with Crippen LogP contribution in [0.15, 0.2) is 42.7 Å². The number of likely N-dealkylation sites (tertiary alicyclic amines) is 1. The number of pyridine rings is 1. The zero-order valence-corrected chi connectivity index (χ0v) is 22.9. The second-order valence-electron chi connectivity index (χ2n) is 10.8. The first-order valence-electron chi connectivity index (χ1n) is 13.8. The molecule has 10 nitrogen and oxygen atoms in total. The Morgan fingerprint density at radius 1 is 1.20 bits per heavy atom. The summed E-state index contributed by atoms with van der Waals surface area (Å²) in [6.07, 6.45) is 4.37. The van der Waals surface area contributed by atoms with Gasteiger partial charge in [0.05, 0.1) is 24.0 Å². The van der Waals surface area contributed by atoms with E-state index in [1.165, 1.54) is 6.07 Å². The van der Waals surface area contributed by atoms with E-state index in [4.69, 9.17) is 9.47 Å². The van der Waals surface area contributed by atoms with Gasteiger partial charge in [0.25, 0.3) is 0 Å². The minimum absolute atomic E-state index is 0.261. The lowest BCUT2D eigenvalue weighted by molar-refractivity contribution is -0.0308. The Morgan fingerprint density at radius 2 is 2.00 bits per heavy atom. The lowest BCUT2D eigenvalue weighted by atomic mass is 9.83. The quantitative estimate of drug-likeness (QED) is 0.452. The van der Waals surface area contributed by atoms with Crippen molar-refractivity contribution in [3.8, 4) is 0 Å². The Labute approximate surface area is 236 Å². The fourth-order valence-corrected chi connectivity index (χ4v) is 6.27. The average Bonchev–Trinajstić information content (AvgIpc) is 3.31. The van der Waals surface area contributed by atoms with Crippen molar-refractivity contribution >= 4 is 17.9 Å². The van der Waals surface area contributed by atoms with Crippen LogP contribution in [0.4, 0.5) is 24.2 Å². The van der Waals surface area contributed by atoms with Gasteiger partial charge in [-0.25, -0.2) is 28.3 Å². The number of amides is 3. The zero-order chi connectivity index (χ0) is 28.7. The maximum atomic E-state index is 14.8. The molecule has 0 bridgehead atoms. The van der Waals surface area contributed by atoms with Crippen molar-refractivity contribution in [2.45, 2.75) is 62.8 Å². The second kappa shape index (κ2) is 10.7. The van der Waals surface area contributed by atoms with Crippen molar-refractivity contribution in [1.82, 2.24) is 24.8 Å². The van der Waals surface area contributed by atoms with Crippen LogP contribution in [0, 0.1) is 11.6 Å². The third kappa shape index (κ3) is 4.90. The van der Waals surface area contributed by atoms with E-state index in [9.17, 15) is 18.4 Å². The van der Waals surface area contributed by atoms with Crippen molar-refractivity contribution in [2.24, 2.45) is 0 Å². The Morgan fingerprint density at radius 3 is 2.78 bits per heavy atom. The number of anilines is 1. The lowest BCUT2D eigenvalue weighted by Gasteiger charge is -2.43. The molecule has 5 heterocycles. The predicted molar refractivity (Wildman–Crippen MR) is 144 cm³/mol. The number of nitrogens with zero attached hydrogens (tertiary/aromatic N) is 4. The van der Waals surface area contributed by atoms with Crippen molar-refractivity contribution in [3.63, 3.8) is 0 Å². The molecule has 3 amide bonds. The van der Waals surface area contributed by atoms with E-state index < -0.39 is 29.4 Å². The molecule has 41 heavy (non-hydrogen) atoms. The minimum atomic E-state index is -0.881. The van der Waals surface area contributed by atoms with Gasteiger partial charge in [0.15, 0.2) is 11.6 Å². The summed E-state index contributed by atoms with van der Waals surface area (Å²) in [6.45, 7) is 3.02. The number of rotatable bonds is 4. The summed E-state index contributed by atoms with van der Waals surface area (Å²) >= 11 is 0. The number of ether oxygens (including phenoxy) is 2. The fourth-order valence-electron chi connectivity index (χ4n) is 6.27. The first kappa shape index (κ1) is 27.1. The van der Waals surface area contributed by atoms with Gasteiger partial charge in [-0.15, -0.1) is 0 Å². The number of imidazole rings is 1. The molecule has 3 aliphatic rings. The molecule has 12 heteroatoms. The van der Waals surface area contributed by atoms with Gasteiger partial charge in [-0.3, -0.25) is 5.32 Å². The van der Waals surface area contributed by atoms with Crippen molar-refractivity contribution in [1.29, 1.82) is 0 Å². The lowest BCUT2D eigenvalue weighted by Crippen LogP contribution is -2.52. The van der Waals surface area contributed by atoms with Gasteiger partial charge in [-0.05, 0) is 43.5 Å². The third-order valence-electron chi connectivity index (χ3n) is 8.59. The van der Waals surface area contributed by atoms with Crippen molar-refractivity contribution in [2.75, 3.05) is 25.5 Å². The summed E-state index contributed by atoms with van der Waals surface area (Å²) in [5, 5.41) is 5.78. The Bertz CT molecular complexity index is 1470. The third-order valence-corrected chi connectivity index (χ3v) is 8.59. The van der Waals surface area contributed by atoms with Crippen LogP contribution in [-0.4, -0.2) is 51.8 Å². The van der Waals surface area contributed by atoms with E-state index in [2.05, 4.69) is 20.6 Å². The summed E-state index contributed by atoms with van der Waals surface area (Å²) in [4.78, 5) is 36.4. The van der Waals surface area contributed by atoms with E-state index in [0.29, 0.717) is 62.5 Å². The molecule has 3 atom stereocenters. The number of methoxy groups -OCH3 is 1. The van der Waals surface area contributed by atoms with Crippen LogP contribution in [0.25, 0.3) is 0 Å². The SMILES string of the molecule is COC(C)c1cnc2n1C[C@H](c1cccc(F)c1F)CC[C@H]2NC(=O)N1CCC2(CC1)OC(=O)Nc1ncccc12. The van der Waals surface area contributed by atoms with Crippen LogP contribution in [-0.2, 0) is 21.6 Å². The van der Waals surface area contributed by atoms with Crippen LogP contribution >= 0.6 is 0 Å². The van der Waals surface area contributed by atoms with Gasteiger partial charge >= 0.3 is 12.1 Å². The highest BCUT2D eigenvalue weighted by molar-refractivity contribution is 5.87. The first-order valence-corrected chi connectivity index (χ1v) is 13.8. The van der Waals surface area contributed by atoms with Gasteiger partial charge in [0.1, 0.15) is 17.2 Å². The molecule has 216 valence electrons. The number of carbonyl (C=O) groups excluding carboxylic acids is 2. The van der Waals surface area contributed by atoms with Gasteiger partial charge in [0.2, 0.25) is 0 Å². The molecule has 2 aromatic heterocycles. The summed E-state index contributed by atoms with van der Waals surface area (Å²) in [7, 11) is 1.60. The molecule has 1 aromatic carbocycles. The molecule has 0 saturated carbocycles. The number of aromatic nitrogens is 3. The predicted octanol–water partition coefficient (Wildman–Crippen LogP) is 5.15. The van der Waals surface area contributed by atoms with Crippen molar-refractivity contribution < 1.29 is 27.8 Å². The number of benzene rings is 1. The fraction of sp³-hybridized carbons (Fsp3) is 0.448. The smallest absolute Gasteiger partial charge is 0.413 e. The number of urea groups is 1. The van der Waals surface area contributed by atoms with E-state index in [1.807, 2.05) is 17.6 Å². The highest BCUT2D eigenvalue weighted by atomic mass is 19.2. The van der Waals surface area contributed by atoms with Gasteiger partial charge < -0.3 is 24.3 Å². The topological polar surface area (TPSA) is 111 Å². The molecule has 1 unspecified atom stereocenters. The number of hydrogen-bond donors (Lipinski definition) is 2. The number of hydrogen-bond acceptors (Lipinski definition) is 6. The average molecular weight is 567 g/mol. The van der Waals surface area contributed by atoms with Crippen LogP contribution < -0.4 is 10.6 Å². The second-order valence-corrected chi connectivity index (χ2v) is 10.8. The molecule has 0 radical (unpaired) electrons. The summed E-state index contributed by atoms with van der Waals surface area (Å²) in [6, 6.07) is 7.23. The Hall–Kier alpha value is -4.06. The zero-order valence-electron chi connectivity index (χ0n) is 22.9. The number of nitrogens with one attached hydrogen (secondary N) is 2. The largest absolute Gasteiger partial charge is 0.437 e. The van der Waals surface area contributed by atoms with Crippen molar-refractivity contribution in [3.05, 3.63) is 77.0 Å². The van der Waals surface area contributed by atoms with Crippen LogP contribution in [0.5, 0.6) is 0 Å². The molecule has 3 aliphatic heterocycles. The van der Waals surface area contributed by atoms with Crippen LogP contribution in [0.3, 0.4) is 0 Å². The normalized spacial score (nSPS) is 22.1. The van der Waals surface area contributed by atoms with Crippen LogP contribution in [0.2, 0.25) is 0 Å². The molecule has 1 saturated heterocycles. The number of piperidine rings is 1. The summed E-state index contributed by atoms with van der Waals surface area (Å²) in [5.74, 6) is -0.912. The van der Waals surface area contributed by atoms with Crippen LogP contribution in [0.1, 0.15) is 73.3 Å². The number of carbonyl (C=O) groups is 2. The maximum Gasteiger partial charge on any atom is 0.413 e. The molecule has 3 aromatic rings. The van der Waals surface area contributed by atoms with E-state index >= 15 is 0 Å². The standard InChI is InChI=1S/C29H32F2N6O4/c1-17(40-2)23-15-33-26-22(9-8-18(16-37(23)26)19-5-3-7-21(30)24(19)31)34-27(38)36-13-10-29(11-14-36)20-6-4-12-32-25(20)35-28(39)41-29/h3-7,12,15,17-18,22H,8-11,13-14,16H2,1-2H3,(H,34,38)(H,32,35,39)/t17?,18-,22-/m1/s1.